The predicted molar refractivity (Wildman–Crippen MR) is 47.1 cm³/mol. The highest BCUT2D eigenvalue weighted by molar-refractivity contribution is 5.78. The van der Waals surface area contributed by atoms with Gasteiger partial charge in [-0.2, -0.15) is 0 Å². The number of rotatable bonds is 4. The van der Waals surface area contributed by atoms with Crippen LogP contribution in [0.25, 0.3) is 0 Å². The number of hydrogen-bond donors (Lipinski definition) is 0. The Morgan fingerprint density at radius 3 is 2.08 bits per heavy atom. The van der Waals surface area contributed by atoms with Crippen molar-refractivity contribution in [2.24, 2.45) is 0 Å². The van der Waals surface area contributed by atoms with Gasteiger partial charge in [-0.05, 0) is 20.3 Å². The van der Waals surface area contributed by atoms with Crippen molar-refractivity contribution in [3.8, 4) is 0 Å². The largest absolute Gasteiger partial charge is 0.460 e. The zero-order valence-electron chi connectivity index (χ0n) is 8.49. The molecule has 0 spiro atoms. The van der Waals surface area contributed by atoms with Gasteiger partial charge in [-0.3, -0.25) is 4.79 Å². The summed E-state index contributed by atoms with van der Waals surface area (Å²) >= 11 is 0. The molecule has 0 aliphatic rings. The standard InChI is InChI=1S/C9H16O4/c1-5-8(13-7(4)10)9(11)12-6(2)3/h6,8H,5H2,1-4H3. The SMILES string of the molecule is CCC(OC(C)=O)C(=O)OC(C)C. The van der Waals surface area contributed by atoms with E-state index in [0.29, 0.717) is 6.42 Å². The summed E-state index contributed by atoms with van der Waals surface area (Å²) in [5.74, 6) is -0.944. The van der Waals surface area contributed by atoms with Gasteiger partial charge in [-0.1, -0.05) is 6.92 Å². The first-order chi connectivity index (χ1) is 5.97. The first kappa shape index (κ1) is 11.9. The van der Waals surface area contributed by atoms with Crippen molar-refractivity contribution in [3.05, 3.63) is 0 Å². The van der Waals surface area contributed by atoms with Crippen molar-refractivity contribution in [2.75, 3.05) is 0 Å². The van der Waals surface area contributed by atoms with Gasteiger partial charge in [0.15, 0.2) is 6.10 Å². The van der Waals surface area contributed by atoms with E-state index in [1.165, 1.54) is 6.92 Å². The maximum Gasteiger partial charge on any atom is 0.347 e. The van der Waals surface area contributed by atoms with E-state index in [1.54, 1.807) is 20.8 Å². The molecule has 0 aliphatic heterocycles. The van der Waals surface area contributed by atoms with Crippen molar-refractivity contribution < 1.29 is 19.1 Å². The van der Waals surface area contributed by atoms with Gasteiger partial charge in [0, 0.05) is 6.92 Å². The minimum atomic E-state index is -0.764. The van der Waals surface area contributed by atoms with Crippen LogP contribution >= 0.6 is 0 Å². The van der Waals surface area contributed by atoms with Gasteiger partial charge in [-0.25, -0.2) is 4.79 Å². The van der Waals surface area contributed by atoms with E-state index in [1.807, 2.05) is 0 Å². The molecule has 0 aliphatic carbocycles. The van der Waals surface area contributed by atoms with Crippen LogP contribution in [0.15, 0.2) is 0 Å². The molecule has 0 N–H and O–H groups in total. The highest BCUT2D eigenvalue weighted by Crippen LogP contribution is 2.03. The van der Waals surface area contributed by atoms with E-state index in [0.717, 1.165) is 0 Å². The summed E-state index contributed by atoms with van der Waals surface area (Å²) in [4.78, 5) is 21.8. The van der Waals surface area contributed by atoms with Crippen molar-refractivity contribution in [1.82, 2.24) is 0 Å². The van der Waals surface area contributed by atoms with Crippen LogP contribution in [-0.4, -0.2) is 24.1 Å². The van der Waals surface area contributed by atoms with Gasteiger partial charge in [0.2, 0.25) is 0 Å². The maximum atomic E-state index is 11.2. The third-order valence-electron chi connectivity index (χ3n) is 1.29. The molecule has 0 heterocycles. The number of ether oxygens (including phenoxy) is 2. The van der Waals surface area contributed by atoms with Gasteiger partial charge in [0.1, 0.15) is 0 Å². The summed E-state index contributed by atoms with van der Waals surface area (Å²) in [6.07, 6.45) is -0.512. The van der Waals surface area contributed by atoms with Crippen molar-refractivity contribution in [3.63, 3.8) is 0 Å². The molecule has 0 aromatic heterocycles. The van der Waals surface area contributed by atoms with Crippen LogP contribution in [0, 0.1) is 0 Å². The Kier molecular flexibility index (Phi) is 5.11. The monoisotopic (exact) mass is 188 g/mol. The second-order valence-corrected chi connectivity index (χ2v) is 2.99. The van der Waals surface area contributed by atoms with E-state index in [4.69, 9.17) is 9.47 Å². The fourth-order valence-corrected chi connectivity index (χ4v) is 0.807. The molecule has 76 valence electrons. The first-order valence-corrected chi connectivity index (χ1v) is 4.35. The Hall–Kier alpha value is -1.06. The lowest BCUT2D eigenvalue weighted by Crippen LogP contribution is -2.29. The van der Waals surface area contributed by atoms with E-state index in [-0.39, 0.29) is 6.10 Å². The van der Waals surface area contributed by atoms with Crippen LogP contribution in [0.2, 0.25) is 0 Å². The Morgan fingerprint density at radius 2 is 1.77 bits per heavy atom. The highest BCUT2D eigenvalue weighted by Gasteiger charge is 2.21. The zero-order valence-corrected chi connectivity index (χ0v) is 8.49. The Bertz CT molecular complexity index is 186. The van der Waals surface area contributed by atoms with E-state index >= 15 is 0 Å². The number of esters is 2. The molecule has 1 atom stereocenters. The first-order valence-electron chi connectivity index (χ1n) is 4.35. The highest BCUT2D eigenvalue weighted by atomic mass is 16.6. The minimum Gasteiger partial charge on any atom is -0.460 e. The van der Waals surface area contributed by atoms with Gasteiger partial charge in [-0.15, -0.1) is 0 Å². The van der Waals surface area contributed by atoms with Gasteiger partial charge in [0.05, 0.1) is 6.10 Å². The van der Waals surface area contributed by atoms with Gasteiger partial charge >= 0.3 is 11.9 Å². The topological polar surface area (TPSA) is 52.6 Å². The van der Waals surface area contributed by atoms with Crippen molar-refractivity contribution >= 4 is 11.9 Å². The van der Waals surface area contributed by atoms with Crippen LogP contribution in [0.3, 0.4) is 0 Å². The summed E-state index contributed by atoms with van der Waals surface area (Å²) in [6, 6.07) is 0. The lowest BCUT2D eigenvalue weighted by atomic mass is 10.3. The molecule has 4 nitrogen and oxygen atoms in total. The molecular formula is C9H16O4. The number of carbonyl (C=O) groups is 2. The molecule has 0 aromatic rings. The van der Waals surface area contributed by atoms with Crippen LogP contribution in [0.5, 0.6) is 0 Å². The average molecular weight is 188 g/mol. The molecule has 0 rings (SSSR count). The third-order valence-corrected chi connectivity index (χ3v) is 1.29. The lowest BCUT2D eigenvalue weighted by Gasteiger charge is -2.15. The molecule has 0 aromatic carbocycles. The van der Waals surface area contributed by atoms with Crippen LogP contribution < -0.4 is 0 Å². The molecule has 0 saturated heterocycles. The van der Waals surface area contributed by atoms with E-state index in [2.05, 4.69) is 0 Å². The molecule has 0 saturated carbocycles. The van der Waals surface area contributed by atoms with Gasteiger partial charge in [0.25, 0.3) is 0 Å². The fraction of sp³-hybridized carbons (Fsp3) is 0.778. The smallest absolute Gasteiger partial charge is 0.347 e. The molecule has 0 amide bonds. The molecule has 0 bridgehead atoms. The normalized spacial score (nSPS) is 12.4. The number of carbonyl (C=O) groups excluding carboxylic acids is 2. The lowest BCUT2D eigenvalue weighted by molar-refractivity contribution is -0.169. The van der Waals surface area contributed by atoms with E-state index in [9.17, 15) is 9.59 Å². The van der Waals surface area contributed by atoms with Gasteiger partial charge < -0.3 is 9.47 Å². The second kappa shape index (κ2) is 5.56. The maximum absolute atomic E-state index is 11.2. The molecule has 1 unspecified atom stereocenters. The van der Waals surface area contributed by atoms with Crippen LogP contribution in [0.4, 0.5) is 0 Å². The second-order valence-electron chi connectivity index (χ2n) is 2.99. The average Bonchev–Trinajstić information content (AvgIpc) is 1.98. The summed E-state index contributed by atoms with van der Waals surface area (Å²) in [5.41, 5.74) is 0. The zero-order chi connectivity index (χ0) is 10.4. The predicted octanol–water partition coefficient (Wildman–Crippen LogP) is 1.28. The molecule has 0 radical (unpaired) electrons. The minimum absolute atomic E-state index is 0.183. The Balaban J connectivity index is 4.07. The van der Waals surface area contributed by atoms with Crippen LogP contribution in [-0.2, 0) is 19.1 Å². The van der Waals surface area contributed by atoms with Crippen LogP contribution in [0.1, 0.15) is 34.1 Å². The Labute approximate surface area is 78.2 Å². The third kappa shape index (κ3) is 5.22. The Morgan fingerprint density at radius 1 is 1.23 bits per heavy atom. The fourth-order valence-electron chi connectivity index (χ4n) is 0.807. The molecule has 13 heavy (non-hydrogen) atoms. The summed E-state index contributed by atoms with van der Waals surface area (Å²) in [7, 11) is 0. The molecular weight excluding hydrogens is 172 g/mol. The quantitative estimate of drug-likeness (QED) is 0.623. The number of hydrogen-bond acceptors (Lipinski definition) is 4. The summed E-state index contributed by atoms with van der Waals surface area (Å²) < 4.78 is 9.64. The van der Waals surface area contributed by atoms with Crippen molar-refractivity contribution in [2.45, 2.75) is 46.3 Å². The summed E-state index contributed by atoms with van der Waals surface area (Å²) in [5, 5.41) is 0. The van der Waals surface area contributed by atoms with Crippen molar-refractivity contribution in [1.29, 1.82) is 0 Å². The molecule has 4 heteroatoms. The summed E-state index contributed by atoms with van der Waals surface area (Å²) in [6.45, 7) is 6.53. The van der Waals surface area contributed by atoms with E-state index < -0.39 is 18.0 Å². The molecule has 0 fully saturated rings.